The molecule has 2 amide bonds. The highest BCUT2D eigenvalue weighted by Gasteiger charge is 2.37. The van der Waals surface area contributed by atoms with Crippen molar-refractivity contribution in [3.8, 4) is 5.75 Å². The third kappa shape index (κ3) is 3.01. The number of carbonyl (C=O) groups is 2. The highest BCUT2D eigenvalue weighted by Crippen LogP contribution is 2.33. The van der Waals surface area contributed by atoms with E-state index in [1.54, 1.807) is 4.90 Å². The van der Waals surface area contributed by atoms with E-state index < -0.39 is 0 Å². The summed E-state index contributed by atoms with van der Waals surface area (Å²) in [6, 6.07) is 7.81. The van der Waals surface area contributed by atoms with Gasteiger partial charge in [-0.3, -0.25) is 9.59 Å². The van der Waals surface area contributed by atoms with Gasteiger partial charge < -0.3 is 15.0 Å². The fraction of sp³-hybridized carbons (Fsp3) is 0.500. The molecule has 21 heavy (non-hydrogen) atoms. The molecule has 0 bridgehead atoms. The van der Waals surface area contributed by atoms with Crippen molar-refractivity contribution in [2.75, 3.05) is 18.1 Å². The Balaban J connectivity index is 1.73. The number of para-hydroxylation sites is 2. The highest BCUT2D eigenvalue weighted by atomic mass is 16.5. The van der Waals surface area contributed by atoms with E-state index in [1.807, 2.05) is 31.2 Å². The topological polar surface area (TPSA) is 58.6 Å². The monoisotopic (exact) mass is 288 g/mol. The maximum Gasteiger partial charge on any atom is 0.227 e. The molecule has 1 aromatic rings. The van der Waals surface area contributed by atoms with Crippen LogP contribution in [0.4, 0.5) is 5.69 Å². The minimum absolute atomic E-state index is 0.00208. The average molecular weight is 288 g/mol. The summed E-state index contributed by atoms with van der Waals surface area (Å²) in [5.41, 5.74) is 0.756. The van der Waals surface area contributed by atoms with Crippen molar-refractivity contribution in [1.82, 2.24) is 5.32 Å². The molecule has 0 radical (unpaired) electrons. The Morgan fingerprint density at radius 2 is 2.14 bits per heavy atom. The molecule has 1 saturated carbocycles. The van der Waals surface area contributed by atoms with Crippen molar-refractivity contribution in [3.63, 3.8) is 0 Å². The number of nitrogens with one attached hydrogen (secondary N) is 1. The van der Waals surface area contributed by atoms with Gasteiger partial charge in [0.15, 0.2) is 0 Å². The van der Waals surface area contributed by atoms with Crippen LogP contribution in [0.25, 0.3) is 0 Å². The highest BCUT2D eigenvalue weighted by molar-refractivity contribution is 6.01. The van der Waals surface area contributed by atoms with Crippen LogP contribution >= 0.6 is 0 Å². The van der Waals surface area contributed by atoms with Gasteiger partial charge in [0.25, 0.3) is 0 Å². The van der Waals surface area contributed by atoms with Crippen LogP contribution in [0.2, 0.25) is 0 Å². The summed E-state index contributed by atoms with van der Waals surface area (Å²) >= 11 is 0. The Morgan fingerprint density at radius 3 is 2.86 bits per heavy atom. The number of hydrogen-bond donors (Lipinski definition) is 1. The predicted molar refractivity (Wildman–Crippen MR) is 79.2 cm³/mol. The fourth-order valence-corrected chi connectivity index (χ4v) is 2.62. The lowest BCUT2D eigenvalue weighted by atomic mass is 10.1. The summed E-state index contributed by atoms with van der Waals surface area (Å²) < 4.78 is 5.57. The number of amides is 2. The SMILES string of the molecule is CCOc1ccccc1N1C[C@H](C(=O)NC2CC2)CC1=O. The van der Waals surface area contributed by atoms with Gasteiger partial charge in [-0.1, -0.05) is 12.1 Å². The second-order valence-electron chi connectivity index (χ2n) is 5.59. The molecule has 112 valence electrons. The standard InChI is InChI=1S/C16H20N2O3/c1-2-21-14-6-4-3-5-13(14)18-10-11(9-15(18)19)16(20)17-12-7-8-12/h3-6,11-12H,2,7-10H2,1H3,(H,17,20)/t11-/m1/s1. The second-order valence-corrected chi connectivity index (χ2v) is 5.59. The van der Waals surface area contributed by atoms with Crippen LogP contribution in [-0.4, -0.2) is 31.0 Å². The number of nitrogens with zero attached hydrogens (tertiary/aromatic N) is 1. The first-order chi connectivity index (χ1) is 10.2. The van der Waals surface area contributed by atoms with Crippen LogP contribution in [-0.2, 0) is 9.59 Å². The van der Waals surface area contributed by atoms with E-state index in [9.17, 15) is 9.59 Å². The van der Waals surface area contributed by atoms with Crippen molar-refractivity contribution in [2.24, 2.45) is 5.92 Å². The van der Waals surface area contributed by atoms with Gasteiger partial charge >= 0.3 is 0 Å². The molecule has 5 nitrogen and oxygen atoms in total. The lowest BCUT2D eigenvalue weighted by Crippen LogP contribution is -2.34. The summed E-state index contributed by atoms with van der Waals surface area (Å²) in [6.45, 7) is 2.89. The normalized spacial score (nSPS) is 21.5. The molecule has 0 unspecified atom stereocenters. The Hall–Kier alpha value is -2.04. The zero-order valence-corrected chi connectivity index (χ0v) is 12.2. The van der Waals surface area contributed by atoms with Crippen LogP contribution in [0.1, 0.15) is 26.2 Å². The van der Waals surface area contributed by atoms with Crippen LogP contribution in [0, 0.1) is 5.92 Å². The third-order valence-corrected chi connectivity index (χ3v) is 3.88. The van der Waals surface area contributed by atoms with Gasteiger partial charge in [0.1, 0.15) is 5.75 Å². The van der Waals surface area contributed by atoms with Gasteiger partial charge in [-0.15, -0.1) is 0 Å². The predicted octanol–water partition coefficient (Wildman–Crippen LogP) is 1.72. The summed E-state index contributed by atoms with van der Waals surface area (Å²) in [6.07, 6.45) is 2.39. The Kier molecular flexibility index (Phi) is 3.82. The van der Waals surface area contributed by atoms with Gasteiger partial charge in [-0.25, -0.2) is 0 Å². The van der Waals surface area contributed by atoms with Crippen LogP contribution < -0.4 is 15.0 Å². The molecule has 1 heterocycles. The molecule has 1 aliphatic carbocycles. The molecule has 0 aromatic heterocycles. The van der Waals surface area contributed by atoms with Crippen LogP contribution in [0.3, 0.4) is 0 Å². The molecule has 0 spiro atoms. The molecule has 1 aromatic carbocycles. The quantitative estimate of drug-likeness (QED) is 0.897. The zero-order chi connectivity index (χ0) is 14.8. The van der Waals surface area contributed by atoms with Gasteiger partial charge in [0.2, 0.25) is 11.8 Å². The minimum Gasteiger partial charge on any atom is -0.492 e. The largest absolute Gasteiger partial charge is 0.492 e. The van der Waals surface area contributed by atoms with Gasteiger partial charge in [-0.2, -0.15) is 0 Å². The third-order valence-electron chi connectivity index (χ3n) is 3.88. The maximum atomic E-state index is 12.2. The van der Waals surface area contributed by atoms with Crippen molar-refractivity contribution >= 4 is 17.5 Å². The molecule has 1 aliphatic heterocycles. The van der Waals surface area contributed by atoms with E-state index >= 15 is 0 Å². The minimum atomic E-state index is -0.257. The zero-order valence-electron chi connectivity index (χ0n) is 12.2. The lowest BCUT2D eigenvalue weighted by Gasteiger charge is -2.20. The molecule has 2 fully saturated rings. The molecule has 1 atom stereocenters. The van der Waals surface area contributed by atoms with Crippen LogP contribution in [0.5, 0.6) is 5.75 Å². The lowest BCUT2D eigenvalue weighted by molar-refractivity contribution is -0.126. The first-order valence-electron chi connectivity index (χ1n) is 7.51. The van der Waals surface area contributed by atoms with E-state index in [0.29, 0.717) is 24.9 Å². The van der Waals surface area contributed by atoms with Crippen molar-refractivity contribution in [1.29, 1.82) is 0 Å². The maximum absolute atomic E-state index is 12.2. The van der Waals surface area contributed by atoms with Gasteiger partial charge in [0, 0.05) is 19.0 Å². The molecular formula is C16H20N2O3. The summed E-state index contributed by atoms with van der Waals surface area (Å²) in [5.74, 6) is 0.421. The number of rotatable bonds is 5. The number of benzene rings is 1. The molecule has 2 aliphatic rings. The smallest absolute Gasteiger partial charge is 0.227 e. The van der Waals surface area contributed by atoms with Crippen molar-refractivity contribution in [2.45, 2.75) is 32.2 Å². The number of anilines is 1. The summed E-state index contributed by atoms with van der Waals surface area (Å²) in [5, 5.41) is 2.98. The Bertz CT molecular complexity index is 554. The molecule has 3 rings (SSSR count). The number of hydrogen-bond acceptors (Lipinski definition) is 3. The molecule has 1 N–H and O–H groups in total. The Morgan fingerprint density at radius 1 is 1.38 bits per heavy atom. The van der Waals surface area contributed by atoms with Gasteiger partial charge in [-0.05, 0) is 31.9 Å². The van der Waals surface area contributed by atoms with E-state index in [1.165, 1.54) is 0 Å². The summed E-state index contributed by atoms with van der Waals surface area (Å²) in [7, 11) is 0. The van der Waals surface area contributed by atoms with Crippen molar-refractivity contribution in [3.05, 3.63) is 24.3 Å². The molecule has 5 heteroatoms. The first kappa shape index (κ1) is 13.9. The van der Waals surface area contributed by atoms with E-state index in [2.05, 4.69) is 5.32 Å². The van der Waals surface area contributed by atoms with Crippen molar-refractivity contribution < 1.29 is 14.3 Å². The molecule has 1 saturated heterocycles. The number of carbonyl (C=O) groups excluding carboxylic acids is 2. The van der Waals surface area contributed by atoms with Crippen LogP contribution in [0.15, 0.2) is 24.3 Å². The Labute approximate surface area is 124 Å². The first-order valence-corrected chi connectivity index (χ1v) is 7.51. The van der Waals surface area contributed by atoms with Gasteiger partial charge in [0.05, 0.1) is 18.2 Å². The van der Waals surface area contributed by atoms with E-state index in [-0.39, 0.29) is 24.2 Å². The second kappa shape index (κ2) is 5.76. The summed E-state index contributed by atoms with van der Waals surface area (Å²) in [4.78, 5) is 26.0. The van der Waals surface area contributed by atoms with E-state index in [0.717, 1.165) is 18.5 Å². The number of ether oxygens (including phenoxy) is 1. The molecular weight excluding hydrogens is 268 g/mol. The fourth-order valence-electron chi connectivity index (χ4n) is 2.62. The average Bonchev–Trinajstić information content (AvgIpc) is 3.20. The van der Waals surface area contributed by atoms with E-state index in [4.69, 9.17) is 4.74 Å².